The zero-order valence-electron chi connectivity index (χ0n) is 5.25. The summed E-state index contributed by atoms with van der Waals surface area (Å²) in [4.78, 5) is 10.6. The van der Waals surface area contributed by atoms with Crippen molar-refractivity contribution < 1.29 is 4.79 Å². The molecule has 0 aliphatic rings. The Labute approximate surface area is 63.6 Å². The number of hydrogen-bond donors (Lipinski definition) is 1. The first kappa shape index (κ1) is 7.15. The van der Waals surface area contributed by atoms with E-state index in [1.54, 1.807) is 17.1 Å². The van der Waals surface area contributed by atoms with Crippen molar-refractivity contribution >= 4 is 17.5 Å². The highest BCUT2D eigenvalue weighted by Gasteiger charge is 1.95. The Balaban J connectivity index is 2.48. The van der Waals surface area contributed by atoms with Gasteiger partial charge in [0, 0.05) is 12.4 Å². The van der Waals surface area contributed by atoms with Crippen molar-refractivity contribution in [3.8, 4) is 0 Å². The third-order valence-corrected chi connectivity index (χ3v) is 1.22. The van der Waals surface area contributed by atoms with E-state index in [4.69, 9.17) is 11.6 Å². The van der Waals surface area contributed by atoms with Gasteiger partial charge in [-0.2, -0.15) is 0 Å². The molecule has 10 heavy (non-hydrogen) atoms. The smallest absolute Gasteiger partial charge is 0.253 e. The number of halogens is 1. The van der Waals surface area contributed by atoms with Crippen molar-refractivity contribution in [1.29, 1.82) is 0 Å². The van der Waals surface area contributed by atoms with Crippen LogP contribution >= 0.6 is 11.6 Å². The predicted octanol–water partition coefficient (Wildman–Crippen LogP) is 0.797. The highest BCUT2D eigenvalue weighted by molar-refractivity contribution is 6.28. The van der Waals surface area contributed by atoms with E-state index in [-0.39, 0.29) is 11.8 Å². The van der Waals surface area contributed by atoms with Crippen LogP contribution in [0.1, 0.15) is 0 Å². The summed E-state index contributed by atoms with van der Waals surface area (Å²) in [6.45, 7) is 0. The number of hydrogen-bond acceptors (Lipinski definition) is 1. The Morgan fingerprint density at radius 1 is 1.50 bits per heavy atom. The molecule has 54 valence electrons. The molecule has 0 atom stereocenters. The predicted molar refractivity (Wildman–Crippen MR) is 39.5 cm³/mol. The first-order chi connectivity index (χ1) is 4.83. The zero-order chi connectivity index (χ0) is 7.40. The number of alkyl halides is 1. The minimum atomic E-state index is -0.210. The van der Waals surface area contributed by atoms with Crippen molar-refractivity contribution in [2.75, 3.05) is 11.3 Å². The second kappa shape index (κ2) is 3.27. The summed E-state index contributed by atoms with van der Waals surface area (Å²) in [5.41, 5.74) is 2.52. The van der Waals surface area contributed by atoms with Gasteiger partial charge in [0.2, 0.25) is 0 Å². The Bertz CT molecular complexity index is 208. The Hall–Kier alpha value is -0.960. The van der Waals surface area contributed by atoms with Crippen LogP contribution in [0.3, 0.4) is 0 Å². The summed E-state index contributed by atoms with van der Waals surface area (Å²) in [6.07, 6.45) is 3.45. The summed E-state index contributed by atoms with van der Waals surface area (Å²) in [5.74, 6) is -0.226. The maximum atomic E-state index is 10.6. The van der Waals surface area contributed by atoms with E-state index < -0.39 is 0 Å². The van der Waals surface area contributed by atoms with Crippen LogP contribution in [0.5, 0.6) is 0 Å². The number of nitrogens with zero attached hydrogens (tertiary/aromatic N) is 1. The van der Waals surface area contributed by atoms with Crippen LogP contribution in [-0.4, -0.2) is 16.5 Å². The number of carbonyl (C=O) groups excluding carboxylic acids is 1. The topological polar surface area (TPSA) is 34.0 Å². The molecule has 0 aliphatic carbocycles. The molecule has 0 aromatic carbocycles. The molecule has 1 aromatic rings. The molecule has 0 bridgehead atoms. The van der Waals surface area contributed by atoms with Crippen molar-refractivity contribution in [2.24, 2.45) is 0 Å². The largest absolute Gasteiger partial charge is 0.272 e. The summed E-state index contributed by atoms with van der Waals surface area (Å²) >= 11 is 5.24. The normalized spacial score (nSPS) is 9.30. The third-order valence-electron chi connectivity index (χ3n) is 0.980. The first-order valence-electron chi connectivity index (χ1n) is 2.81. The van der Waals surface area contributed by atoms with Crippen LogP contribution in [0.25, 0.3) is 0 Å². The lowest BCUT2D eigenvalue weighted by Crippen LogP contribution is -2.21. The molecule has 0 fully saturated rings. The molecule has 1 N–H and O–H groups in total. The van der Waals surface area contributed by atoms with Gasteiger partial charge in [-0.1, -0.05) is 0 Å². The van der Waals surface area contributed by atoms with E-state index in [0.717, 1.165) is 0 Å². The molecule has 0 unspecified atom stereocenters. The molecule has 1 rings (SSSR count). The summed E-state index contributed by atoms with van der Waals surface area (Å²) in [7, 11) is 0. The van der Waals surface area contributed by atoms with Gasteiger partial charge in [-0.3, -0.25) is 14.9 Å². The van der Waals surface area contributed by atoms with Gasteiger partial charge in [-0.05, 0) is 12.1 Å². The van der Waals surface area contributed by atoms with Gasteiger partial charge in [-0.25, -0.2) is 0 Å². The summed E-state index contributed by atoms with van der Waals surface area (Å²) in [6, 6.07) is 3.63. The lowest BCUT2D eigenvalue weighted by molar-refractivity contribution is -0.114. The fourth-order valence-electron chi connectivity index (χ4n) is 0.583. The molecule has 4 heteroatoms. The van der Waals surface area contributed by atoms with E-state index in [1.165, 1.54) is 0 Å². The fraction of sp³-hybridized carbons (Fsp3) is 0.167. The maximum absolute atomic E-state index is 10.6. The van der Waals surface area contributed by atoms with Gasteiger partial charge in [0.05, 0.1) is 0 Å². The number of carbonyl (C=O) groups is 1. The summed E-state index contributed by atoms with van der Waals surface area (Å²) < 4.78 is 1.55. The second-order valence-electron chi connectivity index (χ2n) is 1.76. The second-order valence-corrected chi connectivity index (χ2v) is 2.03. The average Bonchev–Trinajstić information content (AvgIpc) is 2.40. The number of amides is 1. The maximum Gasteiger partial charge on any atom is 0.253 e. The molecular formula is C6H7ClN2O. The molecule has 3 nitrogen and oxygen atoms in total. The quantitative estimate of drug-likeness (QED) is 0.635. The van der Waals surface area contributed by atoms with E-state index in [2.05, 4.69) is 5.43 Å². The number of rotatable bonds is 2. The van der Waals surface area contributed by atoms with Crippen molar-refractivity contribution in [3.05, 3.63) is 24.5 Å². The highest BCUT2D eigenvalue weighted by Crippen LogP contribution is 1.85. The van der Waals surface area contributed by atoms with Crippen molar-refractivity contribution in [2.45, 2.75) is 0 Å². The van der Waals surface area contributed by atoms with Crippen LogP contribution in [0.4, 0.5) is 0 Å². The molecule has 0 saturated heterocycles. The Kier molecular flexibility index (Phi) is 2.34. The van der Waals surface area contributed by atoms with Gasteiger partial charge >= 0.3 is 0 Å². The van der Waals surface area contributed by atoms with Crippen LogP contribution in [0.15, 0.2) is 24.5 Å². The fourth-order valence-corrected chi connectivity index (χ4v) is 0.643. The minimum absolute atomic E-state index is 0.0157. The van der Waals surface area contributed by atoms with Crippen LogP contribution in [-0.2, 0) is 4.79 Å². The molecule has 0 radical (unpaired) electrons. The van der Waals surface area contributed by atoms with Gasteiger partial charge in [0.15, 0.2) is 0 Å². The lowest BCUT2D eigenvalue weighted by Gasteiger charge is -2.01. The molecule has 0 aliphatic heterocycles. The van der Waals surface area contributed by atoms with E-state index in [9.17, 15) is 4.79 Å². The third kappa shape index (κ3) is 1.77. The van der Waals surface area contributed by atoms with Gasteiger partial charge in [-0.15, -0.1) is 11.6 Å². The Morgan fingerprint density at radius 3 is 2.60 bits per heavy atom. The van der Waals surface area contributed by atoms with Gasteiger partial charge < -0.3 is 0 Å². The van der Waals surface area contributed by atoms with Crippen LogP contribution in [0.2, 0.25) is 0 Å². The highest BCUT2D eigenvalue weighted by atomic mass is 35.5. The Morgan fingerprint density at radius 2 is 2.10 bits per heavy atom. The van der Waals surface area contributed by atoms with E-state index in [1.807, 2.05) is 12.1 Å². The van der Waals surface area contributed by atoms with E-state index in [0.29, 0.717) is 0 Å². The van der Waals surface area contributed by atoms with Crippen LogP contribution in [0, 0.1) is 0 Å². The molecule has 1 amide bonds. The monoisotopic (exact) mass is 158 g/mol. The first-order valence-corrected chi connectivity index (χ1v) is 3.35. The van der Waals surface area contributed by atoms with E-state index >= 15 is 0 Å². The van der Waals surface area contributed by atoms with Gasteiger partial charge in [0.1, 0.15) is 5.88 Å². The minimum Gasteiger partial charge on any atom is -0.272 e. The van der Waals surface area contributed by atoms with Gasteiger partial charge in [0.25, 0.3) is 5.91 Å². The lowest BCUT2D eigenvalue weighted by atomic mass is 10.7. The average molecular weight is 159 g/mol. The molecule has 1 aromatic heterocycles. The summed E-state index contributed by atoms with van der Waals surface area (Å²) in [5, 5.41) is 0. The SMILES string of the molecule is O=C(CCl)Nn1cccc1. The number of aromatic nitrogens is 1. The zero-order valence-corrected chi connectivity index (χ0v) is 6.01. The molecule has 1 heterocycles. The molecule has 0 saturated carbocycles. The van der Waals surface area contributed by atoms with Crippen molar-refractivity contribution in [1.82, 2.24) is 4.68 Å². The van der Waals surface area contributed by atoms with Crippen molar-refractivity contribution in [3.63, 3.8) is 0 Å². The number of nitrogens with one attached hydrogen (secondary N) is 1. The van der Waals surface area contributed by atoms with Crippen LogP contribution < -0.4 is 5.43 Å². The standard InChI is InChI=1S/C6H7ClN2O/c7-5-6(10)8-9-3-1-2-4-9/h1-4H,5H2,(H,8,10). The molecular weight excluding hydrogens is 152 g/mol. The molecule has 0 spiro atoms.